The Morgan fingerprint density at radius 1 is 1.07 bits per heavy atom. The third kappa shape index (κ3) is 2.96. The smallest absolute Gasteiger partial charge is 0.123 e. The lowest BCUT2D eigenvalue weighted by molar-refractivity contribution is -0.0685. The van der Waals surface area contributed by atoms with E-state index in [1.54, 1.807) is 12.1 Å². The number of rotatable bonds is 1. The maximum absolute atomic E-state index is 13.6. The van der Waals surface area contributed by atoms with Gasteiger partial charge in [0.15, 0.2) is 0 Å². The topological polar surface area (TPSA) is 40.5 Å². The second kappa shape index (κ2) is 6.78. The van der Waals surface area contributed by atoms with Gasteiger partial charge >= 0.3 is 0 Å². The van der Waals surface area contributed by atoms with Gasteiger partial charge in [0.2, 0.25) is 0 Å². The van der Waals surface area contributed by atoms with Gasteiger partial charge in [-0.15, -0.1) is 0 Å². The normalized spacial score (nSPS) is 45.3. The van der Waals surface area contributed by atoms with Crippen molar-refractivity contribution in [3.63, 3.8) is 0 Å². The largest absolute Gasteiger partial charge is 0.393 e. The molecule has 0 spiro atoms. The van der Waals surface area contributed by atoms with Gasteiger partial charge in [-0.2, -0.15) is 0 Å². The highest BCUT2D eigenvalue weighted by atomic mass is 19.1. The van der Waals surface area contributed by atoms with E-state index >= 15 is 0 Å². The quantitative estimate of drug-likeness (QED) is 0.615. The van der Waals surface area contributed by atoms with Gasteiger partial charge in [-0.3, -0.25) is 0 Å². The number of hydrogen-bond acceptors (Lipinski definition) is 2. The molecule has 0 aliphatic heterocycles. The van der Waals surface area contributed by atoms with E-state index in [2.05, 4.69) is 19.9 Å². The van der Waals surface area contributed by atoms with Crippen molar-refractivity contribution in [2.75, 3.05) is 0 Å². The van der Waals surface area contributed by atoms with Gasteiger partial charge in [-0.1, -0.05) is 43.7 Å². The molecule has 3 fully saturated rings. The standard InChI is InChI=1S/C26H33FO2/c1-25-10-8-20(28)15-18(25)6-7-21-22(25)9-11-26(2)23(21)14-17(24(26)29)12-16-4-3-5-19(27)13-16/h3-6,12-13,20-24,28-29H,7-11,14-15H2,1-2H3/b17-12+/t20-,21+,22-,23-,24+,25-,26-/m0/s1. The van der Waals surface area contributed by atoms with Crippen LogP contribution in [-0.4, -0.2) is 22.4 Å². The second-order valence-corrected chi connectivity index (χ2v) is 10.6. The molecular weight excluding hydrogens is 363 g/mol. The number of hydrogen-bond donors (Lipinski definition) is 2. The SMILES string of the molecule is C[C@]12CC[C@H]3[C@@H](CC=C4C[C@@H](O)CC[C@@]43C)[C@@H]1C/C(=C\c1cccc(F)c1)[C@H]2O. The first-order valence-corrected chi connectivity index (χ1v) is 11.3. The molecule has 0 heterocycles. The Morgan fingerprint density at radius 3 is 2.69 bits per heavy atom. The lowest BCUT2D eigenvalue weighted by atomic mass is 9.48. The maximum Gasteiger partial charge on any atom is 0.123 e. The van der Waals surface area contributed by atoms with Crippen molar-refractivity contribution in [1.29, 1.82) is 0 Å². The number of aliphatic hydroxyl groups is 2. The first-order chi connectivity index (χ1) is 13.8. The summed E-state index contributed by atoms with van der Waals surface area (Å²) in [6.45, 7) is 4.70. The van der Waals surface area contributed by atoms with Gasteiger partial charge in [0.05, 0.1) is 12.2 Å². The predicted octanol–water partition coefficient (Wildman–Crippen LogP) is 5.50. The summed E-state index contributed by atoms with van der Waals surface area (Å²) in [5, 5.41) is 21.5. The summed E-state index contributed by atoms with van der Waals surface area (Å²) in [5.41, 5.74) is 3.52. The Bertz CT molecular complexity index is 873. The zero-order valence-corrected chi connectivity index (χ0v) is 17.6. The van der Waals surface area contributed by atoms with E-state index in [4.69, 9.17) is 0 Å². The molecule has 0 radical (unpaired) electrons. The third-order valence-corrected chi connectivity index (χ3v) is 9.15. The number of benzene rings is 1. The minimum absolute atomic E-state index is 0.0871. The summed E-state index contributed by atoms with van der Waals surface area (Å²) < 4.78 is 13.6. The van der Waals surface area contributed by atoms with Gasteiger partial charge in [0.25, 0.3) is 0 Å². The minimum Gasteiger partial charge on any atom is -0.393 e. The van der Waals surface area contributed by atoms with E-state index < -0.39 is 6.10 Å². The fraction of sp³-hybridized carbons (Fsp3) is 0.615. The molecule has 0 amide bonds. The lowest BCUT2D eigenvalue weighted by Crippen LogP contribution is -2.51. The molecule has 4 aliphatic carbocycles. The molecule has 1 aromatic carbocycles. The molecular formula is C26H33FO2. The number of fused-ring (bicyclic) bond motifs is 5. The van der Waals surface area contributed by atoms with Crippen LogP contribution in [0.25, 0.3) is 6.08 Å². The average Bonchev–Trinajstić information content (AvgIpc) is 2.93. The number of allylic oxidation sites excluding steroid dienone is 1. The highest BCUT2D eigenvalue weighted by Gasteiger charge is 2.59. The molecule has 156 valence electrons. The van der Waals surface area contributed by atoms with Crippen LogP contribution in [0.4, 0.5) is 4.39 Å². The van der Waals surface area contributed by atoms with Crippen LogP contribution in [0, 0.1) is 34.4 Å². The highest BCUT2D eigenvalue weighted by Crippen LogP contribution is 2.65. The van der Waals surface area contributed by atoms with E-state index in [-0.39, 0.29) is 22.8 Å². The first-order valence-electron chi connectivity index (χ1n) is 11.3. The van der Waals surface area contributed by atoms with E-state index in [0.717, 1.165) is 56.1 Å². The molecule has 4 aliphatic rings. The molecule has 0 unspecified atom stereocenters. The average molecular weight is 397 g/mol. The molecule has 1 aromatic rings. The van der Waals surface area contributed by atoms with E-state index in [1.807, 2.05) is 12.1 Å². The van der Waals surface area contributed by atoms with Crippen LogP contribution in [-0.2, 0) is 0 Å². The van der Waals surface area contributed by atoms with Crippen molar-refractivity contribution < 1.29 is 14.6 Å². The van der Waals surface area contributed by atoms with Gasteiger partial charge in [0.1, 0.15) is 5.82 Å². The van der Waals surface area contributed by atoms with Crippen molar-refractivity contribution >= 4 is 6.08 Å². The Labute approximate surface area is 173 Å². The summed E-state index contributed by atoms with van der Waals surface area (Å²) in [5.74, 6) is 1.48. The fourth-order valence-electron chi connectivity index (χ4n) is 7.45. The van der Waals surface area contributed by atoms with Crippen LogP contribution in [0.2, 0.25) is 0 Å². The summed E-state index contributed by atoms with van der Waals surface area (Å²) in [7, 11) is 0. The van der Waals surface area contributed by atoms with Crippen molar-refractivity contribution in [3.05, 3.63) is 52.9 Å². The molecule has 0 aromatic heterocycles. The van der Waals surface area contributed by atoms with Crippen LogP contribution in [0.1, 0.15) is 64.4 Å². The summed E-state index contributed by atoms with van der Waals surface area (Å²) in [4.78, 5) is 0. The fourth-order valence-corrected chi connectivity index (χ4v) is 7.45. The zero-order chi connectivity index (χ0) is 20.4. The van der Waals surface area contributed by atoms with Crippen LogP contribution >= 0.6 is 0 Å². The Morgan fingerprint density at radius 2 is 1.90 bits per heavy atom. The molecule has 2 nitrogen and oxygen atoms in total. The predicted molar refractivity (Wildman–Crippen MR) is 113 cm³/mol. The van der Waals surface area contributed by atoms with Crippen LogP contribution in [0.5, 0.6) is 0 Å². The first kappa shape index (κ1) is 19.5. The highest BCUT2D eigenvalue weighted by molar-refractivity contribution is 5.55. The van der Waals surface area contributed by atoms with E-state index in [9.17, 15) is 14.6 Å². The number of aliphatic hydroxyl groups excluding tert-OH is 2. The van der Waals surface area contributed by atoms with Crippen molar-refractivity contribution in [2.45, 2.75) is 71.0 Å². The van der Waals surface area contributed by atoms with Crippen molar-refractivity contribution in [2.24, 2.45) is 28.6 Å². The summed E-state index contributed by atoms with van der Waals surface area (Å²) in [6.07, 6.45) is 10.9. The third-order valence-electron chi connectivity index (χ3n) is 9.15. The molecule has 2 N–H and O–H groups in total. The van der Waals surface area contributed by atoms with Crippen molar-refractivity contribution in [1.82, 2.24) is 0 Å². The Hall–Kier alpha value is -1.45. The monoisotopic (exact) mass is 396 g/mol. The molecule has 3 heteroatoms. The van der Waals surface area contributed by atoms with Crippen LogP contribution < -0.4 is 0 Å². The molecule has 5 rings (SSSR count). The minimum atomic E-state index is -0.442. The van der Waals surface area contributed by atoms with Gasteiger partial charge in [0, 0.05) is 5.41 Å². The van der Waals surface area contributed by atoms with Crippen LogP contribution in [0.3, 0.4) is 0 Å². The van der Waals surface area contributed by atoms with E-state index in [1.165, 1.54) is 11.6 Å². The summed E-state index contributed by atoms with van der Waals surface area (Å²) in [6, 6.07) is 6.67. The van der Waals surface area contributed by atoms with Gasteiger partial charge in [-0.05, 0) is 91.4 Å². The zero-order valence-electron chi connectivity index (χ0n) is 17.6. The van der Waals surface area contributed by atoms with Gasteiger partial charge < -0.3 is 10.2 Å². The van der Waals surface area contributed by atoms with Crippen LogP contribution in [0.15, 0.2) is 41.5 Å². The van der Waals surface area contributed by atoms with E-state index in [0.29, 0.717) is 17.8 Å². The number of halogens is 1. The molecule has 7 atom stereocenters. The Kier molecular flexibility index (Phi) is 4.56. The molecule has 3 saturated carbocycles. The lowest BCUT2D eigenvalue weighted by Gasteiger charge is -2.57. The maximum atomic E-state index is 13.6. The van der Waals surface area contributed by atoms with Crippen molar-refractivity contribution in [3.8, 4) is 0 Å². The summed E-state index contributed by atoms with van der Waals surface area (Å²) >= 11 is 0. The Balaban J connectivity index is 1.47. The second-order valence-electron chi connectivity index (χ2n) is 10.6. The molecule has 0 bridgehead atoms. The van der Waals surface area contributed by atoms with Gasteiger partial charge in [-0.25, -0.2) is 4.39 Å². The molecule has 29 heavy (non-hydrogen) atoms. The molecule has 0 saturated heterocycles.